The van der Waals surface area contributed by atoms with Crippen LogP contribution in [0.25, 0.3) is 0 Å². The van der Waals surface area contributed by atoms with Gasteiger partial charge in [0.25, 0.3) is 0 Å². The lowest BCUT2D eigenvalue weighted by molar-refractivity contribution is -0.167. The molecule has 0 N–H and O–H groups in total. The molecule has 80 heavy (non-hydrogen) atoms. The fourth-order valence-corrected chi connectivity index (χ4v) is 9.15. The topological polar surface area (TPSA) is 78.9 Å². The molecule has 0 spiro atoms. The molecule has 0 amide bonds. The Bertz CT molecular complexity index is 1650. The highest BCUT2D eigenvalue weighted by atomic mass is 16.6. The Labute approximate surface area is 494 Å². The lowest BCUT2D eigenvalue weighted by Crippen LogP contribution is -2.30. The molecular formula is C74H124O6. The summed E-state index contributed by atoms with van der Waals surface area (Å²) in [6, 6.07) is 0. The smallest absolute Gasteiger partial charge is 0.306 e. The van der Waals surface area contributed by atoms with Gasteiger partial charge in [-0.25, -0.2) is 0 Å². The molecule has 0 aliphatic rings. The second-order valence-corrected chi connectivity index (χ2v) is 22.0. The zero-order valence-electron chi connectivity index (χ0n) is 52.3. The van der Waals surface area contributed by atoms with Crippen LogP contribution in [-0.2, 0) is 28.6 Å². The van der Waals surface area contributed by atoms with E-state index in [0.717, 1.165) is 116 Å². The molecule has 6 nitrogen and oxygen atoms in total. The summed E-state index contributed by atoms with van der Waals surface area (Å²) in [6.45, 7) is 6.49. The first-order valence-corrected chi connectivity index (χ1v) is 33.5. The molecule has 0 fully saturated rings. The normalized spacial score (nSPS) is 12.9. The molecule has 0 saturated carbocycles. The number of hydrogen-bond donors (Lipinski definition) is 0. The minimum absolute atomic E-state index is 0.0942. The van der Waals surface area contributed by atoms with Gasteiger partial charge >= 0.3 is 17.9 Å². The first-order valence-electron chi connectivity index (χ1n) is 33.5. The van der Waals surface area contributed by atoms with Gasteiger partial charge in [0.15, 0.2) is 6.10 Å². The van der Waals surface area contributed by atoms with E-state index in [1.54, 1.807) is 0 Å². The molecule has 0 aliphatic heterocycles. The van der Waals surface area contributed by atoms with Crippen LogP contribution in [0.1, 0.15) is 310 Å². The predicted molar refractivity (Wildman–Crippen MR) is 348 cm³/mol. The van der Waals surface area contributed by atoms with Gasteiger partial charge in [-0.15, -0.1) is 0 Å². The van der Waals surface area contributed by atoms with Crippen molar-refractivity contribution < 1.29 is 28.6 Å². The van der Waals surface area contributed by atoms with E-state index in [-0.39, 0.29) is 31.1 Å². The summed E-state index contributed by atoms with van der Waals surface area (Å²) in [4.78, 5) is 38.4. The monoisotopic (exact) mass is 1110 g/mol. The second kappa shape index (κ2) is 67.3. The minimum atomic E-state index is -0.801. The number of allylic oxidation sites excluding steroid dienone is 20. The number of rotatable bonds is 60. The van der Waals surface area contributed by atoms with E-state index in [1.807, 2.05) is 0 Å². The zero-order valence-corrected chi connectivity index (χ0v) is 52.3. The van der Waals surface area contributed by atoms with Crippen molar-refractivity contribution in [3.8, 4) is 0 Å². The van der Waals surface area contributed by atoms with Crippen molar-refractivity contribution in [2.24, 2.45) is 0 Å². The van der Waals surface area contributed by atoms with Crippen LogP contribution in [0, 0.1) is 0 Å². The number of hydrogen-bond acceptors (Lipinski definition) is 6. The highest BCUT2D eigenvalue weighted by Crippen LogP contribution is 2.15. The molecule has 0 aliphatic carbocycles. The van der Waals surface area contributed by atoms with Crippen LogP contribution in [0.4, 0.5) is 0 Å². The van der Waals surface area contributed by atoms with Gasteiger partial charge in [0, 0.05) is 19.3 Å². The summed E-state index contributed by atoms with van der Waals surface area (Å²) < 4.78 is 16.9. The fourth-order valence-electron chi connectivity index (χ4n) is 9.15. The van der Waals surface area contributed by atoms with E-state index in [9.17, 15) is 14.4 Å². The van der Waals surface area contributed by atoms with E-state index in [4.69, 9.17) is 14.2 Å². The molecule has 0 aromatic rings. The molecule has 0 aromatic carbocycles. The highest BCUT2D eigenvalue weighted by molar-refractivity contribution is 5.71. The summed E-state index contributed by atoms with van der Waals surface area (Å²) in [6.07, 6.45) is 93.4. The van der Waals surface area contributed by atoms with Crippen LogP contribution < -0.4 is 0 Å². The van der Waals surface area contributed by atoms with Gasteiger partial charge in [0.1, 0.15) is 13.2 Å². The highest BCUT2D eigenvalue weighted by Gasteiger charge is 2.19. The van der Waals surface area contributed by atoms with Crippen molar-refractivity contribution in [3.63, 3.8) is 0 Å². The predicted octanol–water partition coefficient (Wildman–Crippen LogP) is 23.2. The van der Waals surface area contributed by atoms with Crippen molar-refractivity contribution in [2.45, 2.75) is 316 Å². The average molecular weight is 1110 g/mol. The van der Waals surface area contributed by atoms with E-state index in [0.29, 0.717) is 19.3 Å². The number of carbonyl (C=O) groups excluding carboxylic acids is 3. The third-order valence-corrected chi connectivity index (χ3v) is 14.2. The van der Waals surface area contributed by atoms with Crippen LogP contribution in [-0.4, -0.2) is 37.2 Å². The number of unbranched alkanes of at least 4 members (excludes halogenated alkanes) is 29. The van der Waals surface area contributed by atoms with Crippen molar-refractivity contribution in [1.29, 1.82) is 0 Å². The number of esters is 3. The van der Waals surface area contributed by atoms with E-state index < -0.39 is 6.10 Å². The molecule has 0 radical (unpaired) electrons. The second-order valence-electron chi connectivity index (χ2n) is 22.0. The molecule has 1 unspecified atom stereocenters. The van der Waals surface area contributed by atoms with Crippen LogP contribution in [0.3, 0.4) is 0 Å². The number of carbonyl (C=O) groups is 3. The summed E-state index contributed by atoms with van der Waals surface area (Å²) in [5.74, 6) is -0.929. The van der Waals surface area contributed by atoms with Gasteiger partial charge in [-0.1, -0.05) is 277 Å². The maximum absolute atomic E-state index is 12.9. The third-order valence-electron chi connectivity index (χ3n) is 14.2. The van der Waals surface area contributed by atoms with Crippen LogP contribution in [0.15, 0.2) is 122 Å². The molecule has 0 heterocycles. The Morgan fingerprint density at radius 3 is 0.812 bits per heavy atom. The third kappa shape index (κ3) is 64.6. The summed E-state index contributed by atoms with van der Waals surface area (Å²) >= 11 is 0. The fraction of sp³-hybridized carbons (Fsp3) is 0.689. The van der Waals surface area contributed by atoms with Gasteiger partial charge in [-0.05, 0) is 135 Å². The molecule has 0 aromatic heterocycles. The van der Waals surface area contributed by atoms with Crippen molar-refractivity contribution in [3.05, 3.63) is 122 Å². The molecule has 0 rings (SSSR count). The maximum Gasteiger partial charge on any atom is 0.306 e. The van der Waals surface area contributed by atoms with E-state index in [1.165, 1.54) is 154 Å². The van der Waals surface area contributed by atoms with Gasteiger partial charge in [-0.2, -0.15) is 0 Å². The van der Waals surface area contributed by atoms with Gasteiger partial charge in [-0.3, -0.25) is 14.4 Å². The quantitative estimate of drug-likeness (QED) is 0.0261. The Balaban J connectivity index is 4.47. The summed E-state index contributed by atoms with van der Waals surface area (Å²) in [7, 11) is 0. The molecule has 456 valence electrons. The molecular weight excluding hydrogens is 985 g/mol. The lowest BCUT2D eigenvalue weighted by atomic mass is 10.1. The van der Waals surface area contributed by atoms with Crippen molar-refractivity contribution in [2.75, 3.05) is 13.2 Å². The first kappa shape index (κ1) is 75.8. The van der Waals surface area contributed by atoms with E-state index in [2.05, 4.69) is 142 Å². The zero-order chi connectivity index (χ0) is 57.8. The van der Waals surface area contributed by atoms with Gasteiger partial charge in [0.05, 0.1) is 0 Å². The molecule has 1 atom stereocenters. The lowest BCUT2D eigenvalue weighted by Gasteiger charge is -2.18. The Morgan fingerprint density at radius 1 is 0.263 bits per heavy atom. The minimum Gasteiger partial charge on any atom is -0.462 e. The summed E-state index contributed by atoms with van der Waals surface area (Å²) in [5, 5.41) is 0. The largest absolute Gasteiger partial charge is 0.462 e. The van der Waals surface area contributed by atoms with Gasteiger partial charge < -0.3 is 14.2 Å². The first-order chi connectivity index (χ1) is 39.5. The molecule has 0 bridgehead atoms. The Kier molecular flexibility index (Phi) is 63.8. The molecule has 0 saturated heterocycles. The SMILES string of the molecule is CC/C=C\C/C=C\C/C=C\C/C=C\C/C=C\C/C=C\C/C=C\CCCCCC(=O)OCC(COC(=O)CCCCCCCCC/C=C\CCCCCCCCC)OC(=O)CCCCCCCCCCC/C=C\C/C=C\CCCCC. The van der Waals surface area contributed by atoms with Gasteiger partial charge in [0.2, 0.25) is 0 Å². The van der Waals surface area contributed by atoms with Crippen LogP contribution in [0.2, 0.25) is 0 Å². The Morgan fingerprint density at radius 2 is 0.487 bits per heavy atom. The average Bonchev–Trinajstić information content (AvgIpc) is 3.46. The standard InChI is InChI=1S/C74H124O6/c1-4-7-10-13-16-19-22-25-28-31-34-35-36-37-38-39-41-43-46-49-52-55-58-61-64-67-73(76)79-70-71(69-78-72(75)66-63-60-57-54-51-48-45-42-33-30-27-24-21-18-15-12-9-6-3)80-74(77)68-65-62-59-56-53-50-47-44-40-32-29-26-23-20-17-14-11-8-5-2/h7,10,16-17,19-20,25-26,28-30,33-35,37-38,41,43,49,52,71H,4-6,8-9,11-15,18,21-24,27,31-32,36,39-40,42,44-48,50-51,53-70H2,1-3H3/b10-7-,19-16-,20-17-,28-25-,29-26-,33-30-,35-34-,38-37-,43-41-,52-49-. The van der Waals surface area contributed by atoms with E-state index >= 15 is 0 Å². The summed E-state index contributed by atoms with van der Waals surface area (Å²) in [5.41, 5.74) is 0. The van der Waals surface area contributed by atoms with Crippen LogP contribution >= 0.6 is 0 Å². The van der Waals surface area contributed by atoms with Crippen LogP contribution in [0.5, 0.6) is 0 Å². The van der Waals surface area contributed by atoms with Crippen molar-refractivity contribution in [1.82, 2.24) is 0 Å². The molecule has 6 heteroatoms. The maximum atomic E-state index is 12.9. The number of ether oxygens (including phenoxy) is 3. The Hall–Kier alpha value is -4.19. The van der Waals surface area contributed by atoms with Crippen molar-refractivity contribution >= 4 is 17.9 Å².